The minimum Gasteiger partial charge on any atom is -0.466 e. The van der Waals surface area contributed by atoms with E-state index in [4.69, 9.17) is 4.74 Å². The predicted molar refractivity (Wildman–Crippen MR) is 62.4 cm³/mol. The first kappa shape index (κ1) is 12.4. The zero-order valence-electron chi connectivity index (χ0n) is 10.3. The molecule has 2 heterocycles. The molecule has 0 bridgehead atoms. The van der Waals surface area contributed by atoms with Crippen LogP contribution in [0.25, 0.3) is 0 Å². The third-order valence-electron chi connectivity index (χ3n) is 3.72. The number of nitrogens with zero attached hydrogens (tertiary/aromatic N) is 1. The Morgan fingerprint density at radius 1 is 1.41 bits per heavy atom. The smallest absolute Gasteiger partial charge is 0.315 e. The van der Waals surface area contributed by atoms with Crippen molar-refractivity contribution in [3.63, 3.8) is 0 Å². The van der Waals surface area contributed by atoms with Gasteiger partial charge in [-0.25, -0.2) is 0 Å². The number of esters is 1. The van der Waals surface area contributed by atoms with Crippen LogP contribution in [0.4, 0.5) is 0 Å². The third-order valence-corrected chi connectivity index (χ3v) is 3.72. The number of nitrogens with one attached hydrogen (secondary N) is 1. The summed E-state index contributed by atoms with van der Waals surface area (Å²) >= 11 is 0. The van der Waals surface area contributed by atoms with Gasteiger partial charge in [0.1, 0.15) is 6.42 Å². The molecule has 1 amide bonds. The SMILES string of the molecule is CCOC(=O)CC(=O)N1CCC2(CCNC2)C1. The van der Waals surface area contributed by atoms with Crippen LogP contribution in [0, 0.1) is 5.41 Å². The quantitative estimate of drug-likeness (QED) is 0.563. The van der Waals surface area contributed by atoms with Crippen molar-refractivity contribution in [3.05, 3.63) is 0 Å². The Bertz CT molecular complexity index is 311. The molecule has 1 atom stereocenters. The molecular formula is C12H20N2O3. The number of carbonyl (C=O) groups excluding carboxylic acids is 2. The Hall–Kier alpha value is -1.10. The second kappa shape index (κ2) is 5.04. The van der Waals surface area contributed by atoms with E-state index in [-0.39, 0.29) is 17.7 Å². The second-order valence-corrected chi connectivity index (χ2v) is 4.97. The van der Waals surface area contributed by atoms with Gasteiger partial charge in [-0.3, -0.25) is 9.59 Å². The van der Waals surface area contributed by atoms with E-state index < -0.39 is 5.97 Å². The summed E-state index contributed by atoms with van der Waals surface area (Å²) in [5, 5.41) is 3.35. The van der Waals surface area contributed by atoms with Crippen LogP contribution in [-0.4, -0.2) is 49.6 Å². The summed E-state index contributed by atoms with van der Waals surface area (Å²) in [5.41, 5.74) is 0.268. The Labute approximate surface area is 101 Å². The molecule has 0 aromatic rings. The summed E-state index contributed by atoms with van der Waals surface area (Å²) in [6.45, 7) is 5.69. The first-order valence-corrected chi connectivity index (χ1v) is 6.29. The van der Waals surface area contributed by atoms with Gasteiger partial charge in [0.25, 0.3) is 0 Å². The molecule has 0 aromatic heterocycles. The maximum absolute atomic E-state index is 11.9. The summed E-state index contributed by atoms with van der Waals surface area (Å²) in [4.78, 5) is 24.9. The van der Waals surface area contributed by atoms with E-state index in [0.717, 1.165) is 39.0 Å². The molecule has 0 saturated carbocycles. The Morgan fingerprint density at radius 3 is 2.88 bits per heavy atom. The number of hydrogen-bond acceptors (Lipinski definition) is 4. The molecule has 0 aliphatic carbocycles. The van der Waals surface area contributed by atoms with Gasteiger partial charge in [0.2, 0.25) is 5.91 Å². The van der Waals surface area contributed by atoms with Gasteiger partial charge in [0.15, 0.2) is 0 Å². The molecule has 2 fully saturated rings. The lowest BCUT2D eigenvalue weighted by Crippen LogP contribution is -2.34. The number of hydrogen-bond donors (Lipinski definition) is 1. The van der Waals surface area contributed by atoms with E-state index in [0.29, 0.717) is 6.61 Å². The molecule has 5 heteroatoms. The largest absolute Gasteiger partial charge is 0.466 e. The molecule has 2 aliphatic heterocycles. The van der Waals surface area contributed by atoms with Crippen molar-refractivity contribution >= 4 is 11.9 Å². The van der Waals surface area contributed by atoms with Gasteiger partial charge < -0.3 is 15.0 Å². The van der Waals surface area contributed by atoms with E-state index in [2.05, 4.69) is 5.32 Å². The fraction of sp³-hybridized carbons (Fsp3) is 0.833. The number of rotatable bonds is 3. The molecule has 2 rings (SSSR count). The lowest BCUT2D eigenvalue weighted by atomic mass is 9.87. The molecule has 2 saturated heterocycles. The minimum absolute atomic E-state index is 0.0905. The molecule has 1 unspecified atom stereocenters. The molecule has 1 spiro atoms. The van der Waals surface area contributed by atoms with E-state index in [1.807, 2.05) is 4.90 Å². The van der Waals surface area contributed by atoms with Crippen molar-refractivity contribution in [3.8, 4) is 0 Å². The van der Waals surface area contributed by atoms with Crippen molar-refractivity contribution in [2.45, 2.75) is 26.2 Å². The summed E-state index contributed by atoms with van der Waals surface area (Å²) < 4.78 is 4.79. The van der Waals surface area contributed by atoms with Crippen LogP contribution in [0.3, 0.4) is 0 Å². The average molecular weight is 240 g/mol. The Balaban J connectivity index is 1.83. The third kappa shape index (κ3) is 2.77. The summed E-state index contributed by atoms with van der Waals surface area (Å²) in [7, 11) is 0. The highest BCUT2D eigenvalue weighted by Gasteiger charge is 2.41. The second-order valence-electron chi connectivity index (χ2n) is 4.97. The van der Waals surface area contributed by atoms with Crippen LogP contribution >= 0.6 is 0 Å². The monoisotopic (exact) mass is 240 g/mol. The van der Waals surface area contributed by atoms with Crippen LogP contribution in [0.15, 0.2) is 0 Å². The van der Waals surface area contributed by atoms with Gasteiger partial charge in [-0.2, -0.15) is 0 Å². The van der Waals surface area contributed by atoms with Crippen LogP contribution in [0.2, 0.25) is 0 Å². The van der Waals surface area contributed by atoms with Crippen LogP contribution in [-0.2, 0) is 14.3 Å². The maximum atomic E-state index is 11.9. The highest BCUT2D eigenvalue weighted by molar-refractivity contribution is 5.94. The molecule has 17 heavy (non-hydrogen) atoms. The fourth-order valence-electron chi connectivity index (χ4n) is 2.74. The van der Waals surface area contributed by atoms with Gasteiger partial charge >= 0.3 is 5.97 Å². The summed E-state index contributed by atoms with van der Waals surface area (Å²) in [6.07, 6.45) is 2.07. The van der Waals surface area contributed by atoms with Crippen molar-refractivity contribution in [2.24, 2.45) is 5.41 Å². The minimum atomic E-state index is -0.414. The normalized spacial score (nSPS) is 27.7. The molecule has 5 nitrogen and oxygen atoms in total. The number of likely N-dealkylation sites (tertiary alicyclic amines) is 1. The number of carbonyl (C=O) groups is 2. The molecular weight excluding hydrogens is 220 g/mol. The lowest BCUT2D eigenvalue weighted by molar-refractivity contribution is -0.148. The number of ether oxygens (including phenoxy) is 1. The molecule has 0 radical (unpaired) electrons. The zero-order chi connectivity index (χ0) is 12.3. The zero-order valence-corrected chi connectivity index (χ0v) is 10.3. The van der Waals surface area contributed by atoms with Crippen molar-refractivity contribution in [2.75, 3.05) is 32.8 Å². The van der Waals surface area contributed by atoms with Crippen molar-refractivity contribution in [1.82, 2.24) is 10.2 Å². The Morgan fingerprint density at radius 2 is 2.24 bits per heavy atom. The topological polar surface area (TPSA) is 58.6 Å². The first-order valence-electron chi connectivity index (χ1n) is 6.29. The average Bonchev–Trinajstić information content (AvgIpc) is 2.90. The van der Waals surface area contributed by atoms with Gasteiger partial charge in [-0.15, -0.1) is 0 Å². The van der Waals surface area contributed by atoms with E-state index in [9.17, 15) is 9.59 Å². The van der Waals surface area contributed by atoms with Gasteiger partial charge in [0.05, 0.1) is 6.61 Å². The van der Waals surface area contributed by atoms with Crippen molar-refractivity contribution < 1.29 is 14.3 Å². The van der Waals surface area contributed by atoms with Crippen molar-refractivity contribution in [1.29, 1.82) is 0 Å². The molecule has 1 N–H and O–H groups in total. The van der Waals surface area contributed by atoms with Crippen LogP contribution < -0.4 is 5.32 Å². The maximum Gasteiger partial charge on any atom is 0.315 e. The number of amides is 1. The van der Waals surface area contributed by atoms with Crippen LogP contribution in [0.1, 0.15) is 26.2 Å². The Kier molecular flexibility index (Phi) is 3.66. The predicted octanol–water partition coefficient (Wildman–Crippen LogP) is 0.152. The van der Waals surface area contributed by atoms with E-state index in [1.165, 1.54) is 0 Å². The van der Waals surface area contributed by atoms with Gasteiger partial charge in [-0.1, -0.05) is 0 Å². The van der Waals surface area contributed by atoms with Gasteiger partial charge in [0, 0.05) is 25.0 Å². The summed E-state index contributed by atoms with van der Waals surface area (Å²) in [5.74, 6) is -0.504. The highest BCUT2D eigenvalue weighted by Crippen LogP contribution is 2.36. The van der Waals surface area contributed by atoms with Crippen LogP contribution in [0.5, 0.6) is 0 Å². The standard InChI is InChI=1S/C12H20N2O3/c1-2-17-11(16)7-10(15)14-6-4-12(9-14)3-5-13-8-12/h13H,2-9H2,1H3. The van der Waals surface area contributed by atoms with E-state index in [1.54, 1.807) is 6.92 Å². The van der Waals surface area contributed by atoms with E-state index >= 15 is 0 Å². The first-order chi connectivity index (χ1) is 8.15. The lowest BCUT2D eigenvalue weighted by Gasteiger charge is -2.22. The summed E-state index contributed by atoms with van der Waals surface area (Å²) in [6, 6.07) is 0. The highest BCUT2D eigenvalue weighted by atomic mass is 16.5. The molecule has 0 aromatic carbocycles. The van der Waals surface area contributed by atoms with Gasteiger partial charge in [-0.05, 0) is 26.3 Å². The molecule has 96 valence electrons. The molecule has 2 aliphatic rings. The fourth-order valence-corrected chi connectivity index (χ4v) is 2.74.